The van der Waals surface area contributed by atoms with Crippen molar-refractivity contribution in [2.24, 2.45) is 0 Å². The van der Waals surface area contributed by atoms with Crippen LogP contribution in [0.5, 0.6) is 0 Å². The van der Waals surface area contributed by atoms with E-state index in [1.54, 1.807) is 11.3 Å². The topological polar surface area (TPSA) is 0 Å². The quantitative estimate of drug-likeness (QED) is 0.623. The van der Waals surface area contributed by atoms with E-state index >= 15 is 0 Å². The molecule has 0 aliphatic carbocycles. The van der Waals surface area contributed by atoms with Crippen molar-refractivity contribution in [3.05, 3.63) is 21.3 Å². The van der Waals surface area contributed by atoms with Crippen LogP contribution < -0.4 is 0 Å². The van der Waals surface area contributed by atoms with E-state index in [9.17, 15) is 0 Å². The normalized spacial score (nSPS) is 13.5. The molecule has 0 bridgehead atoms. The summed E-state index contributed by atoms with van der Waals surface area (Å²) in [4.78, 5) is 1.16. The zero-order valence-electron chi connectivity index (χ0n) is 5.60. The predicted molar refractivity (Wildman–Crippen MR) is 48.2 cm³/mol. The lowest BCUT2D eigenvalue weighted by Gasteiger charge is -1.99. The molecule has 3 heteroatoms. The van der Waals surface area contributed by atoms with E-state index in [2.05, 4.69) is 6.92 Å². The molecule has 10 heavy (non-hydrogen) atoms. The van der Waals surface area contributed by atoms with Gasteiger partial charge >= 0.3 is 0 Å². The maximum atomic E-state index is 5.96. The molecular weight excluding hydrogens is 187 g/mol. The molecule has 0 fully saturated rings. The molecule has 1 unspecified atom stereocenters. The lowest BCUT2D eigenvalue weighted by atomic mass is 10.3. The second-order valence-corrected chi connectivity index (χ2v) is 4.29. The van der Waals surface area contributed by atoms with Crippen LogP contribution in [0.4, 0.5) is 0 Å². The summed E-state index contributed by atoms with van der Waals surface area (Å²) in [5, 5.41) is 0.137. The highest BCUT2D eigenvalue weighted by atomic mass is 35.5. The van der Waals surface area contributed by atoms with E-state index in [1.165, 1.54) is 0 Å². The summed E-state index contributed by atoms with van der Waals surface area (Å²) in [5.74, 6) is 0. The maximum absolute atomic E-state index is 5.96. The molecule has 0 aliphatic heterocycles. The summed E-state index contributed by atoms with van der Waals surface area (Å²) in [7, 11) is 0. The van der Waals surface area contributed by atoms with Crippen molar-refractivity contribution in [2.75, 3.05) is 0 Å². The summed E-state index contributed by atoms with van der Waals surface area (Å²) in [5.41, 5.74) is 0. The van der Waals surface area contributed by atoms with Gasteiger partial charge in [-0.2, -0.15) is 0 Å². The van der Waals surface area contributed by atoms with E-state index in [0.717, 1.165) is 15.6 Å². The van der Waals surface area contributed by atoms with Crippen LogP contribution in [-0.2, 0) is 0 Å². The van der Waals surface area contributed by atoms with E-state index < -0.39 is 0 Å². The van der Waals surface area contributed by atoms with Crippen molar-refractivity contribution in [1.29, 1.82) is 0 Å². The van der Waals surface area contributed by atoms with Crippen LogP contribution >= 0.6 is 34.5 Å². The fraction of sp³-hybridized carbons (Fsp3) is 0.429. The van der Waals surface area contributed by atoms with Crippen molar-refractivity contribution in [1.82, 2.24) is 0 Å². The highest BCUT2D eigenvalue weighted by molar-refractivity contribution is 7.16. The zero-order valence-corrected chi connectivity index (χ0v) is 7.93. The Morgan fingerprint density at radius 3 is 2.70 bits per heavy atom. The molecule has 0 aromatic carbocycles. The van der Waals surface area contributed by atoms with Gasteiger partial charge in [0.2, 0.25) is 0 Å². The minimum absolute atomic E-state index is 0.137. The Hall–Kier alpha value is 0.280. The third-order valence-corrected chi connectivity index (χ3v) is 3.28. The van der Waals surface area contributed by atoms with Crippen LogP contribution in [0.15, 0.2) is 12.1 Å². The van der Waals surface area contributed by atoms with Crippen molar-refractivity contribution in [3.8, 4) is 0 Å². The molecule has 0 saturated heterocycles. The van der Waals surface area contributed by atoms with E-state index in [-0.39, 0.29) is 5.38 Å². The molecule has 0 amide bonds. The number of alkyl halides is 1. The molecule has 0 nitrogen and oxygen atoms in total. The fourth-order valence-electron chi connectivity index (χ4n) is 0.698. The lowest BCUT2D eigenvalue weighted by Crippen LogP contribution is -1.80. The summed E-state index contributed by atoms with van der Waals surface area (Å²) >= 11 is 13.2. The number of rotatable bonds is 2. The Morgan fingerprint density at radius 2 is 2.30 bits per heavy atom. The SMILES string of the molecule is CCC(Cl)c1ccc(Cl)s1. The summed E-state index contributed by atoms with van der Waals surface area (Å²) in [6.45, 7) is 2.06. The van der Waals surface area contributed by atoms with Crippen LogP contribution in [0.3, 0.4) is 0 Å². The average molecular weight is 195 g/mol. The highest BCUT2D eigenvalue weighted by Crippen LogP contribution is 2.32. The second kappa shape index (κ2) is 3.61. The Kier molecular flexibility index (Phi) is 3.02. The molecular formula is C7H8Cl2S. The molecule has 1 aromatic rings. The smallest absolute Gasteiger partial charge is 0.0931 e. The number of thiophene rings is 1. The lowest BCUT2D eigenvalue weighted by molar-refractivity contribution is 0.901. The van der Waals surface area contributed by atoms with Gasteiger partial charge in [0.05, 0.1) is 9.71 Å². The van der Waals surface area contributed by atoms with Gasteiger partial charge in [0.25, 0.3) is 0 Å². The van der Waals surface area contributed by atoms with E-state index in [1.807, 2.05) is 12.1 Å². The first-order valence-electron chi connectivity index (χ1n) is 3.13. The van der Waals surface area contributed by atoms with Gasteiger partial charge in [-0.1, -0.05) is 18.5 Å². The summed E-state index contributed by atoms with van der Waals surface area (Å²) in [6, 6.07) is 3.86. The average Bonchev–Trinajstić information content (AvgIpc) is 2.34. The third-order valence-electron chi connectivity index (χ3n) is 1.26. The Bertz CT molecular complexity index is 207. The Balaban J connectivity index is 2.74. The molecule has 1 heterocycles. The maximum Gasteiger partial charge on any atom is 0.0931 e. The molecule has 0 spiro atoms. The van der Waals surface area contributed by atoms with Crippen LogP contribution in [0.25, 0.3) is 0 Å². The monoisotopic (exact) mass is 194 g/mol. The molecule has 1 atom stereocenters. The molecule has 0 radical (unpaired) electrons. The zero-order chi connectivity index (χ0) is 7.56. The molecule has 0 aliphatic rings. The van der Waals surface area contributed by atoms with Gasteiger partial charge in [-0.3, -0.25) is 0 Å². The van der Waals surface area contributed by atoms with Gasteiger partial charge in [-0.05, 0) is 18.6 Å². The standard InChI is InChI=1S/C7H8Cl2S/c1-2-5(8)6-3-4-7(9)10-6/h3-5H,2H2,1H3. The van der Waals surface area contributed by atoms with Gasteiger partial charge in [-0.15, -0.1) is 22.9 Å². The van der Waals surface area contributed by atoms with E-state index in [0.29, 0.717) is 0 Å². The van der Waals surface area contributed by atoms with Crippen molar-refractivity contribution in [3.63, 3.8) is 0 Å². The Morgan fingerprint density at radius 1 is 1.60 bits per heavy atom. The molecule has 0 N–H and O–H groups in total. The first-order valence-corrected chi connectivity index (χ1v) is 4.76. The van der Waals surface area contributed by atoms with Gasteiger partial charge in [-0.25, -0.2) is 0 Å². The number of hydrogen-bond donors (Lipinski definition) is 0. The van der Waals surface area contributed by atoms with Crippen molar-refractivity contribution < 1.29 is 0 Å². The van der Waals surface area contributed by atoms with Gasteiger partial charge < -0.3 is 0 Å². The minimum Gasteiger partial charge on any atom is -0.127 e. The molecule has 0 saturated carbocycles. The first kappa shape index (κ1) is 8.38. The number of hydrogen-bond acceptors (Lipinski definition) is 1. The largest absolute Gasteiger partial charge is 0.127 e. The Labute approximate surface area is 74.8 Å². The number of halogens is 2. The summed E-state index contributed by atoms with van der Waals surface area (Å²) in [6.07, 6.45) is 0.957. The highest BCUT2D eigenvalue weighted by Gasteiger charge is 2.06. The van der Waals surface area contributed by atoms with Crippen LogP contribution in [0, 0.1) is 0 Å². The van der Waals surface area contributed by atoms with Gasteiger partial charge in [0.1, 0.15) is 0 Å². The van der Waals surface area contributed by atoms with Crippen molar-refractivity contribution in [2.45, 2.75) is 18.7 Å². The van der Waals surface area contributed by atoms with Gasteiger partial charge in [0, 0.05) is 4.88 Å². The third kappa shape index (κ3) is 1.88. The van der Waals surface area contributed by atoms with Crippen molar-refractivity contribution >= 4 is 34.5 Å². The molecule has 1 rings (SSSR count). The fourth-order valence-corrected chi connectivity index (χ4v) is 2.03. The second-order valence-electron chi connectivity index (χ2n) is 2.02. The van der Waals surface area contributed by atoms with E-state index in [4.69, 9.17) is 23.2 Å². The molecule has 56 valence electrons. The van der Waals surface area contributed by atoms with Crippen LogP contribution in [0.1, 0.15) is 23.6 Å². The van der Waals surface area contributed by atoms with Gasteiger partial charge in [0.15, 0.2) is 0 Å². The van der Waals surface area contributed by atoms with Crippen LogP contribution in [0.2, 0.25) is 4.34 Å². The minimum atomic E-state index is 0.137. The molecule has 1 aromatic heterocycles. The first-order chi connectivity index (χ1) is 4.74. The predicted octanol–water partition coefficient (Wildman–Crippen LogP) is 4.09. The summed E-state index contributed by atoms with van der Waals surface area (Å²) < 4.78 is 0.814. The van der Waals surface area contributed by atoms with Crippen LogP contribution in [-0.4, -0.2) is 0 Å².